The minimum absolute atomic E-state index is 0.252. The summed E-state index contributed by atoms with van der Waals surface area (Å²) < 4.78 is 17.0. The first-order valence-electron chi connectivity index (χ1n) is 8.48. The minimum atomic E-state index is -0.467. The molecule has 0 bridgehead atoms. The summed E-state index contributed by atoms with van der Waals surface area (Å²) in [5.41, 5.74) is 0.355. The van der Waals surface area contributed by atoms with Crippen molar-refractivity contribution in [3.8, 4) is 0 Å². The summed E-state index contributed by atoms with van der Waals surface area (Å²) in [5, 5.41) is 0. The van der Waals surface area contributed by atoms with Crippen LogP contribution in [0, 0.1) is 0 Å². The van der Waals surface area contributed by atoms with E-state index < -0.39 is 5.60 Å². The highest BCUT2D eigenvalue weighted by molar-refractivity contribution is 5.68. The topological polar surface area (TPSA) is 48.0 Å². The minimum Gasteiger partial charge on any atom is -0.444 e. The van der Waals surface area contributed by atoms with Gasteiger partial charge in [-0.2, -0.15) is 0 Å². The molecule has 0 aliphatic carbocycles. The Bertz CT molecular complexity index is 516. The molecule has 5 heteroatoms. The van der Waals surface area contributed by atoms with Crippen molar-refractivity contribution < 1.29 is 19.0 Å². The lowest BCUT2D eigenvalue weighted by Crippen LogP contribution is -2.51. The summed E-state index contributed by atoms with van der Waals surface area (Å²) in [6.45, 7) is 7.99. The van der Waals surface area contributed by atoms with Crippen molar-refractivity contribution in [3.05, 3.63) is 35.9 Å². The highest BCUT2D eigenvalue weighted by Gasteiger charge is 2.37. The summed E-state index contributed by atoms with van der Waals surface area (Å²) in [7, 11) is 1.72. The molecule has 1 saturated heterocycles. The van der Waals surface area contributed by atoms with Crippen molar-refractivity contribution >= 4 is 6.09 Å². The average molecular weight is 335 g/mol. The molecular formula is C19H29NO4. The number of methoxy groups -OCH3 is 1. The number of nitrogens with zero attached hydrogens (tertiary/aromatic N) is 1. The molecular weight excluding hydrogens is 306 g/mol. The van der Waals surface area contributed by atoms with E-state index in [-0.39, 0.29) is 11.7 Å². The van der Waals surface area contributed by atoms with Crippen LogP contribution in [0.2, 0.25) is 0 Å². The lowest BCUT2D eigenvalue weighted by molar-refractivity contribution is -0.109. The Morgan fingerprint density at radius 1 is 1.17 bits per heavy atom. The highest BCUT2D eigenvalue weighted by atomic mass is 16.6. The number of piperidine rings is 1. The molecule has 1 aliphatic rings. The molecule has 1 fully saturated rings. The van der Waals surface area contributed by atoms with Gasteiger partial charge in [0, 0.05) is 20.2 Å². The number of amides is 1. The maximum absolute atomic E-state index is 12.1. The van der Waals surface area contributed by atoms with Crippen LogP contribution in [-0.4, -0.2) is 49.0 Å². The first-order valence-corrected chi connectivity index (χ1v) is 8.48. The molecule has 0 aromatic heterocycles. The number of hydrogen-bond donors (Lipinski definition) is 0. The van der Waals surface area contributed by atoms with Crippen LogP contribution in [0.25, 0.3) is 0 Å². The average Bonchev–Trinajstić information content (AvgIpc) is 2.55. The third-order valence-corrected chi connectivity index (χ3v) is 4.24. The van der Waals surface area contributed by atoms with Crippen LogP contribution in [0.5, 0.6) is 0 Å². The number of likely N-dealkylation sites (tertiary alicyclic amines) is 1. The second-order valence-electron chi connectivity index (χ2n) is 7.33. The van der Waals surface area contributed by atoms with E-state index in [4.69, 9.17) is 14.2 Å². The summed E-state index contributed by atoms with van der Waals surface area (Å²) in [6, 6.07) is 10.1. The second-order valence-corrected chi connectivity index (χ2v) is 7.33. The SMILES string of the molecule is COC1(COCc2ccccc2)CCN(C(=O)OC(C)(C)C)CC1. The third-order valence-electron chi connectivity index (χ3n) is 4.24. The maximum Gasteiger partial charge on any atom is 0.410 e. The Hall–Kier alpha value is -1.59. The van der Waals surface area contributed by atoms with Crippen LogP contribution in [0.15, 0.2) is 30.3 Å². The Kier molecular flexibility index (Phi) is 6.24. The van der Waals surface area contributed by atoms with Gasteiger partial charge in [-0.25, -0.2) is 4.79 Å². The molecule has 0 N–H and O–H groups in total. The van der Waals surface area contributed by atoms with Gasteiger partial charge >= 0.3 is 6.09 Å². The zero-order chi connectivity index (χ0) is 17.6. The smallest absolute Gasteiger partial charge is 0.410 e. The van der Waals surface area contributed by atoms with Crippen LogP contribution in [0.3, 0.4) is 0 Å². The predicted molar refractivity (Wildman–Crippen MR) is 92.9 cm³/mol. The maximum atomic E-state index is 12.1. The number of ether oxygens (including phenoxy) is 3. The lowest BCUT2D eigenvalue weighted by Gasteiger charge is -2.40. The molecule has 1 heterocycles. The van der Waals surface area contributed by atoms with Crippen LogP contribution in [-0.2, 0) is 20.8 Å². The summed E-state index contributed by atoms with van der Waals surface area (Å²) >= 11 is 0. The van der Waals surface area contributed by atoms with E-state index in [1.165, 1.54) is 0 Å². The molecule has 5 nitrogen and oxygen atoms in total. The number of hydrogen-bond acceptors (Lipinski definition) is 4. The van der Waals surface area contributed by atoms with Gasteiger partial charge in [-0.3, -0.25) is 0 Å². The molecule has 24 heavy (non-hydrogen) atoms. The fraction of sp³-hybridized carbons (Fsp3) is 0.632. The van der Waals surface area contributed by atoms with Gasteiger partial charge in [0.15, 0.2) is 0 Å². The van der Waals surface area contributed by atoms with Crippen molar-refractivity contribution in [2.75, 3.05) is 26.8 Å². The molecule has 0 spiro atoms. The number of benzene rings is 1. The molecule has 0 unspecified atom stereocenters. The first kappa shape index (κ1) is 18.7. The van der Waals surface area contributed by atoms with Gasteiger partial charge in [-0.15, -0.1) is 0 Å². The van der Waals surface area contributed by atoms with Gasteiger partial charge in [-0.1, -0.05) is 30.3 Å². The van der Waals surface area contributed by atoms with Gasteiger partial charge in [-0.05, 0) is 39.2 Å². The molecule has 1 aliphatic heterocycles. The van der Waals surface area contributed by atoms with Crippen LogP contribution in [0.1, 0.15) is 39.2 Å². The molecule has 0 radical (unpaired) electrons. The Morgan fingerprint density at radius 3 is 2.33 bits per heavy atom. The van der Waals surface area contributed by atoms with Gasteiger partial charge < -0.3 is 19.1 Å². The lowest BCUT2D eigenvalue weighted by atomic mass is 9.92. The van der Waals surface area contributed by atoms with E-state index in [0.717, 1.165) is 18.4 Å². The van der Waals surface area contributed by atoms with E-state index in [2.05, 4.69) is 0 Å². The Morgan fingerprint density at radius 2 is 1.79 bits per heavy atom. The molecule has 0 saturated carbocycles. The zero-order valence-corrected chi connectivity index (χ0v) is 15.2. The standard InChI is InChI=1S/C19H29NO4/c1-18(2,3)24-17(21)20-12-10-19(22-4,11-13-20)15-23-14-16-8-6-5-7-9-16/h5-9H,10-15H2,1-4H3. The van der Waals surface area contributed by atoms with Crippen molar-refractivity contribution in [2.45, 2.75) is 51.4 Å². The second kappa shape index (κ2) is 7.99. The van der Waals surface area contributed by atoms with Crippen LogP contribution >= 0.6 is 0 Å². The fourth-order valence-corrected chi connectivity index (χ4v) is 2.76. The monoisotopic (exact) mass is 335 g/mol. The fourth-order valence-electron chi connectivity index (χ4n) is 2.76. The molecule has 0 atom stereocenters. The molecule has 1 amide bonds. The van der Waals surface area contributed by atoms with E-state index >= 15 is 0 Å². The summed E-state index contributed by atoms with van der Waals surface area (Å²) in [4.78, 5) is 13.9. The van der Waals surface area contributed by atoms with Crippen LogP contribution < -0.4 is 0 Å². The summed E-state index contributed by atoms with van der Waals surface area (Å²) in [5.74, 6) is 0. The quantitative estimate of drug-likeness (QED) is 0.824. The number of rotatable bonds is 5. The van der Waals surface area contributed by atoms with Crippen molar-refractivity contribution in [2.24, 2.45) is 0 Å². The van der Waals surface area contributed by atoms with Crippen molar-refractivity contribution in [1.82, 2.24) is 4.90 Å². The molecule has 134 valence electrons. The largest absolute Gasteiger partial charge is 0.444 e. The van der Waals surface area contributed by atoms with Gasteiger partial charge in [0.2, 0.25) is 0 Å². The van der Waals surface area contributed by atoms with E-state index in [1.807, 2.05) is 51.1 Å². The summed E-state index contributed by atoms with van der Waals surface area (Å²) in [6.07, 6.45) is 1.24. The van der Waals surface area contributed by atoms with Crippen LogP contribution in [0.4, 0.5) is 4.79 Å². The van der Waals surface area contributed by atoms with Gasteiger partial charge in [0.05, 0.1) is 18.8 Å². The molecule has 2 rings (SSSR count). The molecule has 1 aromatic carbocycles. The number of carbonyl (C=O) groups excluding carboxylic acids is 1. The van der Waals surface area contributed by atoms with Crippen molar-refractivity contribution in [3.63, 3.8) is 0 Å². The normalized spacial score (nSPS) is 17.6. The number of carbonyl (C=O) groups is 1. The van der Waals surface area contributed by atoms with E-state index in [1.54, 1.807) is 12.0 Å². The van der Waals surface area contributed by atoms with E-state index in [9.17, 15) is 4.79 Å². The van der Waals surface area contributed by atoms with Gasteiger partial charge in [0.1, 0.15) is 5.60 Å². The third kappa shape index (κ3) is 5.49. The van der Waals surface area contributed by atoms with Gasteiger partial charge in [0.25, 0.3) is 0 Å². The Labute approximate surface area is 144 Å². The first-order chi connectivity index (χ1) is 11.3. The van der Waals surface area contributed by atoms with Crippen molar-refractivity contribution in [1.29, 1.82) is 0 Å². The van der Waals surface area contributed by atoms with E-state index in [0.29, 0.717) is 26.3 Å². The Balaban J connectivity index is 1.81. The zero-order valence-electron chi connectivity index (χ0n) is 15.2. The molecule has 1 aromatic rings. The highest BCUT2D eigenvalue weighted by Crippen LogP contribution is 2.27. The predicted octanol–water partition coefficient (Wildman–Crippen LogP) is 3.62.